The van der Waals surface area contributed by atoms with Crippen LogP contribution in [-0.2, 0) is 4.79 Å². The second kappa shape index (κ2) is 6.34. The van der Waals surface area contributed by atoms with Crippen molar-refractivity contribution in [2.24, 2.45) is 0 Å². The molecule has 2 rings (SSSR count). The summed E-state index contributed by atoms with van der Waals surface area (Å²) in [6.07, 6.45) is 0. The number of hydrogen-bond donors (Lipinski definition) is 1. The Balaban J connectivity index is 2.19. The summed E-state index contributed by atoms with van der Waals surface area (Å²) in [6.45, 7) is 1.31. The van der Waals surface area contributed by atoms with Crippen molar-refractivity contribution in [1.29, 1.82) is 0 Å². The van der Waals surface area contributed by atoms with Crippen LogP contribution < -0.4 is 10.1 Å². The van der Waals surface area contributed by atoms with E-state index in [0.29, 0.717) is 17.0 Å². The van der Waals surface area contributed by atoms with Gasteiger partial charge < -0.3 is 10.1 Å². The highest BCUT2D eigenvalue weighted by molar-refractivity contribution is 9.10. The van der Waals surface area contributed by atoms with Crippen LogP contribution in [0.4, 0.5) is 5.69 Å². The Hall–Kier alpha value is -2.14. The van der Waals surface area contributed by atoms with E-state index in [4.69, 9.17) is 4.74 Å². The van der Waals surface area contributed by atoms with E-state index in [1.54, 1.807) is 48.5 Å². The number of para-hydroxylation sites is 2. The Kier molecular flexibility index (Phi) is 4.53. The van der Waals surface area contributed by atoms with Gasteiger partial charge in [0.05, 0.1) is 5.69 Å². The Bertz CT molecular complexity index is 638. The number of carbonyl (C=O) groups excluding carboxylic acids is 2. The van der Waals surface area contributed by atoms with Crippen LogP contribution in [0.5, 0.6) is 5.75 Å². The average molecular weight is 334 g/mol. The topological polar surface area (TPSA) is 55.4 Å². The Morgan fingerprint density at radius 3 is 2.35 bits per heavy atom. The summed E-state index contributed by atoms with van der Waals surface area (Å²) in [5.41, 5.74) is 0.974. The van der Waals surface area contributed by atoms with Gasteiger partial charge in [0, 0.05) is 17.0 Å². The third kappa shape index (κ3) is 3.68. The SMILES string of the molecule is CC(=O)Oc1ccccc1NC(=O)c1ccc(Br)cc1. The largest absolute Gasteiger partial charge is 0.424 e. The number of carbonyl (C=O) groups is 2. The van der Waals surface area contributed by atoms with Crippen molar-refractivity contribution in [2.45, 2.75) is 6.92 Å². The smallest absolute Gasteiger partial charge is 0.308 e. The minimum atomic E-state index is -0.435. The van der Waals surface area contributed by atoms with E-state index in [1.807, 2.05) is 0 Å². The standard InChI is InChI=1S/C15H12BrNO3/c1-10(18)20-14-5-3-2-4-13(14)17-15(19)11-6-8-12(16)9-7-11/h2-9H,1H3,(H,17,19). The predicted octanol–water partition coefficient (Wildman–Crippen LogP) is 3.63. The van der Waals surface area contributed by atoms with E-state index in [9.17, 15) is 9.59 Å². The van der Waals surface area contributed by atoms with Crippen LogP contribution in [0, 0.1) is 0 Å². The lowest BCUT2D eigenvalue weighted by atomic mass is 10.2. The zero-order chi connectivity index (χ0) is 14.5. The molecule has 2 aromatic rings. The lowest BCUT2D eigenvalue weighted by molar-refractivity contribution is -0.131. The number of anilines is 1. The quantitative estimate of drug-likeness (QED) is 0.689. The molecule has 102 valence electrons. The molecule has 0 saturated heterocycles. The van der Waals surface area contributed by atoms with Gasteiger partial charge in [0.25, 0.3) is 5.91 Å². The Morgan fingerprint density at radius 2 is 1.70 bits per heavy atom. The summed E-state index contributed by atoms with van der Waals surface area (Å²) in [5.74, 6) is -0.377. The summed E-state index contributed by atoms with van der Waals surface area (Å²) in [4.78, 5) is 23.1. The van der Waals surface area contributed by atoms with E-state index in [2.05, 4.69) is 21.2 Å². The summed E-state index contributed by atoms with van der Waals surface area (Å²) in [7, 11) is 0. The molecular weight excluding hydrogens is 322 g/mol. The van der Waals surface area contributed by atoms with E-state index >= 15 is 0 Å². The molecule has 2 aromatic carbocycles. The highest BCUT2D eigenvalue weighted by Gasteiger charge is 2.10. The number of halogens is 1. The number of nitrogens with one attached hydrogen (secondary N) is 1. The molecule has 0 saturated carbocycles. The molecule has 0 aromatic heterocycles. The molecule has 20 heavy (non-hydrogen) atoms. The number of rotatable bonds is 3. The lowest BCUT2D eigenvalue weighted by Gasteiger charge is -2.10. The van der Waals surface area contributed by atoms with Crippen molar-refractivity contribution in [3.63, 3.8) is 0 Å². The first kappa shape index (κ1) is 14.3. The van der Waals surface area contributed by atoms with Crippen molar-refractivity contribution in [2.75, 3.05) is 5.32 Å². The van der Waals surface area contributed by atoms with Crippen molar-refractivity contribution < 1.29 is 14.3 Å². The Morgan fingerprint density at radius 1 is 1.05 bits per heavy atom. The van der Waals surface area contributed by atoms with Crippen molar-refractivity contribution in [1.82, 2.24) is 0 Å². The predicted molar refractivity (Wildman–Crippen MR) is 79.8 cm³/mol. The van der Waals surface area contributed by atoms with E-state index in [0.717, 1.165) is 4.47 Å². The van der Waals surface area contributed by atoms with Gasteiger partial charge in [-0.25, -0.2) is 0 Å². The van der Waals surface area contributed by atoms with Gasteiger partial charge in [-0.05, 0) is 36.4 Å². The average Bonchev–Trinajstić information content (AvgIpc) is 2.41. The molecule has 0 radical (unpaired) electrons. The number of ether oxygens (including phenoxy) is 1. The van der Waals surface area contributed by atoms with Gasteiger partial charge in [0.1, 0.15) is 0 Å². The van der Waals surface area contributed by atoms with Gasteiger partial charge in [0.2, 0.25) is 0 Å². The second-order valence-corrected chi connectivity index (χ2v) is 4.97. The molecule has 4 nitrogen and oxygen atoms in total. The molecule has 5 heteroatoms. The maximum atomic E-state index is 12.1. The van der Waals surface area contributed by atoms with Crippen molar-refractivity contribution in [3.05, 3.63) is 58.6 Å². The van der Waals surface area contributed by atoms with E-state index in [-0.39, 0.29) is 5.91 Å². The maximum Gasteiger partial charge on any atom is 0.308 e. The summed E-state index contributed by atoms with van der Waals surface area (Å²) in [5, 5.41) is 2.72. The molecule has 1 amide bonds. The monoisotopic (exact) mass is 333 g/mol. The third-order valence-corrected chi connectivity index (χ3v) is 3.02. The first-order chi connectivity index (χ1) is 9.56. The first-order valence-corrected chi connectivity index (χ1v) is 6.70. The fourth-order valence-corrected chi connectivity index (χ4v) is 1.87. The Labute approximate surface area is 124 Å². The van der Waals surface area contributed by atoms with Gasteiger partial charge in [-0.1, -0.05) is 28.1 Å². The molecule has 0 aliphatic rings. The van der Waals surface area contributed by atoms with Crippen LogP contribution in [0.2, 0.25) is 0 Å². The van der Waals surface area contributed by atoms with Crippen molar-refractivity contribution >= 4 is 33.5 Å². The number of hydrogen-bond acceptors (Lipinski definition) is 3. The van der Waals surface area contributed by atoms with Gasteiger partial charge >= 0.3 is 5.97 Å². The van der Waals surface area contributed by atoms with Crippen LogP contribution in [-0.4, -0.2) is 11.9 Å². The van der Waals surface area contributed by atoms with Gasteiger partial charge in [-0.3, -0.25) is 9.59 Å². The van der Waals surface area contributed by atoms with Crippen LogP contribution in [0.15, 0.2) is 53.0 Å². The molecule has 0 aliphatic carbocycles. The molecule has 1 N–H and O–H groups in total. The highest BCUT2D eigenvalue weighted by atomic mass is 79.9. The summed E-state index contributed by atoms with van der Waals surface area (Å²) in [6, 6.07) is 13.8. The fourth-order valence-electron chi connectivity index (χ4n) is 1.61. The minimum absolute atomic E-state index is 0.267. The van der Waals surface area contributed by atoms with Crippen LogP contribution in [0.25, 0.3) is 0 Å². The molecule has 0 atom stereocenters. The zero-order valence-electron chi connectivity index (χ0n) is 10.7. The van der Waals surface area contributed by atoms with Crippen LogP contribution >= 0.6 is 15.9 Å². The molecule has 0 bridgehead atoms. The summed E-state index contributed by atoms with van der Waals surface area (Å²) >= 11 is 3.31. The second-order valence-electron chi connectivity index (χ2n) is 4.05. The molecule has 0 unspecified atom stereocenters. The van der Waals surface area contributed by atoms with Gasteiger partial charge in [-0.15, -0.1) is 0 Å². The number of benzene rings is 2. The normalized spacial score (nSPS) is 9.90. The molecule has 0 fully saturated rings. The van der Waals surface area contributed by atoms with Gasteiger partial charge in [0.15, 0.2) is 5.75 Å². The van der Waals surface area contributed by atoms with Crippen molar-refractivity contribution in [3.8, 4) is 5.75 Å². The third-order valence-electron chi connectivity index (χ3n) is 2.50. The van der Waals surface area contributed by atoms with Crippen LogP contribution in [0.1, 0.15) is 17.3 Å². The number of esters is 1. The lowest BCUT2D eigenvalue weighted by Crippen LogP contribution is -2.13. The van der Waals surface area contributed by atoms with E-state index in [1.165, 1.54) is 6.92 Å². The van der Waals surface area contributed by atoms with Crippen LogP contribution in [0.3, 0.4) is 0 Å². The molecular formula is C15H12BrNO3. The molecule has 0 heterocycles. The number of amides is 1. The molecule has 0 aliphatic heterocycles. The van der Waals surface area contributed by atoms with E-state index < -0.39 is 5.97 Å². The minimum Gasteiger partial charge on any atom is -0.424 e. The first-order valence-electron chi connectivity index (χ1n) is 5.90. The maximum absolute atomic E-state index is 12.1. The molecule has 0 spiro atoms. The van der Waals surface area contributed by atoms with Gasteiger partial charge in [-0.2, -0.15) is 0 Å². The highest BCUT2D eigenvalue weighted by Crippen LogP contribution is 2.24. The zero-order valence-corrected chi connectivity index (χ0v) is 12.3. The fraction of sp³-hybridized carbons (Fsp3) is 0.0667. The summed E-state index contributed by atoms with van der Waals surface area (Å²) < 4.78 is 5.94.